The van der Waals surface area contributed by atoms with E-state index in [4.69, 9.17) is 4.74 Å². The minimum absolute atomic E-state index is 0.130. The van der Waals surface area contributed by atoms with Crippen molar-refractivity contribution in [2.75, 3.05) is 5.32 Å². The number of ether oxygens (including phenoxy) is 1. The number of aromatic nitrogens is 1. The Bertz CT molecular complexity index is 1260. The van der Waals surface area contributed by atoms with Gasteiger partial charge in [-0.15, -0.1) is 0 Å². The number of amides is 2. The van der Waals surface area contributed by atoms with E-state index in [1.807, 2.05) is 92.8 Å². The molecule has 168 valence electrons. The van der Waals surface area contributed by atoms with Crippen LogP contribution in [0.4, 0.5) is 10.5 Å². The lowest BCUT2D eigenvalue weighted by atomic mass is 10.0. The minimum atomic E-state index is -0.813. The van der Waals surface area contributed by atoms with Gasteiger partial charge in [0.2, 0.25) is 5.91 Å². The maximum Gasteiger partial charge on any atom is 0.408 e. The van der Waals surface area contributed by atoms with Gasteiger partial charge in [-0.05, 0) is 48.2 Å². The summed E-state index contributed by atoms with van der Waals surface area (Å²) in [7, 11) is 0. The van der Waals surface area contributed by atoms with Crippen LogP contribution in [0.1, 0.15) is 22.3 Å². The monoisotopic (exact) mass is 441 g/mol. The van der Waals surface area contributed by atoms with Crippen LogP contribution >= 0.6 is 0 Å². The van der Waals surface area contributed by atoms with Gasteiger partial charge in [-0.3, -0.25) is 4.79 Å². The summed E-state index contributed by atoms with van der Waals surface area (Å²) < 4.78 is 5.37. The number of fused-ring (bicyclic) bond motifs is 1. The molecule has 0 saturated heterocycles. The lowest BCUT2D eigenvalue weighted by molar-refractivity contribution is -0.118. The predicted molar refractivity (Wildman–Crippen MR) is 130 cm³/mol. The van der Waals surface area contributed by atoms with Crippen LogP contribution in [0.3, 0.4) is 0 Å². The summed E-state index contributed by atoms with van der Waals surface area (Å²) in [6.07, 6.45) is 1.56. The van der Waals surface area contributed by atoms with Crippen molar-refractivity contribution in [1.82, 2.24) is 10.3 Å². The summed E-state index contributed by atoms with van der Waals surface area (Å²) >= 11 is 0. The Morgan fingerprint density at radius 1 is 0.970 bits per heavy atom. The third-order valence-electron chi connectivity index (χ3n) is 5.57. The second-order valence-electron chi connectivity index (χ2n) is 8.13. The molecule has 0 aliphatic heterocycles. The highest BCUT2D eigenvalue weighted by atomic mass is 16.5. The molecule has 0 bridgehead atoms. The fraction of sp³-hybridized carbons (Fsp3) is 0.185. The van der Waals surface area contributed by atoms with Crippen LogP contribution in [-0.2, 0) is 22.6 Å². The number of carbonyl (C=O) groups excluding carboxylic acids is 2. The molecule has 4 rings (SSSR count). The Balaban J connectivity index is 1.52. The van der Waals surface area contributed by atoms with Crippen LogP contribution in [-0.4, -0.2) is 23.0 Å². The third kappa shape index (κ3) is 5.60. The van der Waals surface area contributed by atoms with E-state index < -0.39 is 12.1 Å². The first-order valence-electron chi connectivity index (χ1n) is 10.9. The van der Waals surface area contributed by atoms with Gasteiger partial charge in [-0.25, -0.2) is 4.79 Å². The molecule has 1 heterocycles. The Morgan fingerprint density at radius 2 is 1.73 bits per heavy atom. The van der Waals surface area contributed by atoms with Gasteiger partial charge in [0.25, 0.3) is 0 Å². The molecule has 0 unspecified atom stereocenters. The average molecular weight is 442 g/mol. The van der Waals surface area contributed by atoms with Crippen LogP contribution in [0.2, 0.25) is 0 Å². The van der Waals surface area contributed by atoms with E-state index in [1.54, 1.807) is 0 Å². The van der Waals surface area contributed by atoms with Crippen LogP contribution in [0.15, 0.2) is 79.0 Å². The van der Waals surface area contributed by atoms with E-state index in [-0.39, 0.29) is 12.5 Å². The number of aromatic amines is 1. The number of rotatable bonds is 7. The van der Waals surface area contributed by atoms with Gasteiger partial charge < -0.3 is 20.4 Å². The number of hydrogen-bond acceptors (Lipinski definition) is 3. The number of H-pyrrole nitrogens is 1. The Morgan fingerprint density at radius 3 is 2.55 bits per heavy atom. The van der Waals surface area contributed by atoms with Crippen molar-refractivity contribution < 1.29 is 14.3 Å². The molecule has 1 atom stereocenters. The van der Waals surface area contributed by atoms with E-state index in [0.717, 1.165) is 38.8 Å². The van der Waals surface area contributed by atoms with Crippen molar-refractivity contribution in [3.8, 4) is 0 Å². The highest BCUT2D eigenvalue weighted by Crippen LogP contribution is 2.21. The van der Waals surface area contributed by atoms with Gasteiger partial charge >= 0.3 is 6.09 Å². The molecule has 33 heavy (non-hydrogen) atoms. The third-order valence-corrected chi connectivity index (χ3v) is 5.57. The lowest BCUT2D eigenvalue weighted by Gasteiger charge is -2.19. The van der Waals surface area contributed by atoms with Crippen LogP contribution < -0.4 is 10.6 Å². The summed E-state index contributed by atoms with van der Waals surface area (Å²) in [5.74, 6) is -0.300. The number of benzene rings is 3. The Kier molecular flexibility index (Phi) is 6.74. The molecule has 0 aliphatic carbocycles. The molecule has 0 radical (unpaired) electrons. The lowest BCUT2D eigenvalue weighted by Crippen LogP contribution is -2.45. The van der Waals surface area contributed by atoms with E-state index in [1.165, 1.54) is 0 Å². The molecule has 0 saturated carbocycles. The Labute approximate surface area is 193 Å². The smallest absolute Gasteiger partial charge is 0.408 e. The van der Waals surface area contributed by atoms with Crippen LogP contribution in [0.25, 0.3) is 10.9 Å². The highest BCUT2D eigenvalue weighted by Gasteiger charge is 2.24. The zero-order valence-electron chi connectivity index (χ0n) is 18.7. The number of para-hydroxylation sites is 1. The molecule has 3 aromatic carbocycles. The summed E-state index contributed by atoms with van der Waals surface area (Å²) in [6.45, 7) is 4.04. The van der Waals surface area contributed by atoms with Gasteiger partial charge in [0.1, 0.15) is 12.6 Å². The number of nitrogens with one attached hydrogen (secondary N) is 3. The molecular formula is C27H27N3O3. The normalized spacial score (nSPS) is 11.7. The molecule has 3 N–H and O–H groups in total. The van der Waals surface area contributed by atoms with Gasteiger partial charge in [0.05, 0.1) is 0 Å². The molecule has 4 aromatic rings. The standard InChI is InChI=1S/C27H27N3O3/c1-18-12-13-19(2)24(14-18)29-26(31)25(15-21-16-28-23-11-7-6-10-22(21)23)30-27(32)33-17-20-8-4-3-5-9-20/h3-14,16,25,28H,15,17H2,1-2H3,(H,29,31)(H,30,32)/t25-/m1/s1. The summed E-state index contributed by atoms with van der Waals surface area (Å²) in [5, 5.41) is 6.74. The molecule has 6 heteroatoms. The molecule has 0 aliphatic rings. The average Bonchev–Trinajstić information content (AvgIpc) is 3.23. The molecule has 0 spiro atoms. The van der Waals surface area contributed by atoms with E-state index in [9.17, 15) is 9.59 Å². The van der Waals surface area contributed by atoms with Crippen molar-refractivity contribution in [2.24, 2.45) is 0 Å². The first-order valence-corrected chi connectivity index (χ1v) is 10.9. The maximum absolute atomic E-state index is 13.3. The molecule has 2 amide bonds. The fourth-order valence-electron chi connectivity index (χ4n) is 3.73. The summed E-state index contributed by atoms with van der Waals surface area (Å²) in [4.78, 5) is 29.1. The largest absolute Gasteiger partial charge is 0.445 e. The maximum atomic E-state index is 13.3. The van der Waals surface area contributed by atoms with Crippen molar-refractivity contribution in [3.05, 3.63) is 101 Å². The number of anilines is 1. The summed E-state index contributed by atoms with van der Waals surface area (Å²) in [5.41, 5.74) is 5.51. The van der Waals surface area contributed by atoms with Crippen molar-refractivity contribution in [1.29, 1.82) is 0 Å². The molecular weight excluding hydrogens is 414 g/mol. The second-order valence-corrected chi connectivity index (χ2v) is 8.13. The van der Waals surface area contributed by atoms with E-state index in [0.29, 0.717) is 6.42 Å². The van der Waals surface area contributed by atoms with Gasteiger partial charge in [0, 0.05) is 29.2 Å². The van der Waals surface area contributed by atoms with Gasteiger partial charge in [-0.2, -0.15) is 0 Å². The zero-order chi connectivity index (χ0) is 23.2. The summed E-state index contributed by atoms with van der Waals surface area (Å²) in [6, 6.07) is 22.4. The van der Waals surface area contributed by atoms with Crippen LogP contribution in [0.5, 0.6) is 0 Å². The van der Waals surface area contributed by atoms with E-state index in [2.05, 4.69) is 15.6 Å². The topological polar surface area (TPSA) is 83.2 Å². The number of alkyl carbamates (subject to hydrolysis) is 1. The highest BCUT2D eigenvalue weighted by molar-refractivity contribution is 5.98. The molecule has 6 nitrogen and oxygen atoms in total. The van der Waals surface area contributed by atoms with Gasteiger partial charge in [0.15, 0.2) is 0 Å². The zero-order valence-corrected chi connectivity index (χ0v) is 18.7. The molecule has 1 aromatic heterocycles. The van der Waals surface area contributed by atoms with Crippen molar-refractivity contribution >= 4 is 28.6 Å². The van der Waals surface area contributed by atoms with Crippen LogP contribution in [0, 0.1) is 13.8 Å². The van der Waals surface area contributed by atoms with Crippen molar-refractivity contribution in [2.45, 2.75) is 32.9 Å². The van der Waals surface area contributed by atoms with E-state index >= 15 is 0 Å². The first-order chi connectivity index (χ1) is 16.0. The number of carbonyl (C=O) groups is 2. The SMILES string of the molecule is Cc1ccc(C)c(NC(=O)[C@@H](Cc2c[nH]c3ccccc23)NC(=O)OCc2ccccc2)c1. The fourth-order valence-corrected chi connectivity index (χ4v) is 3.73. The van der Waals surface area contributed by atoms with Gasteiger partial charge in [-0.1, -0.05) is 60.7 Å². The number of hydrogen-bond donors (Lipinski definition) is 3. The van der Waals surface area contributed by atoms with Crippen molar-refractivity contribution in [3.63, 3.8) is 0 Å². The Hall–Kier alpha value is -4.06. The first kappa shape index (κ1) is 22.1. The second kappa shape index (κ2) is 10.0. The predicted octanol–water partition coefficient (Wildman–Crippen LogP) is 5.26. The quantitative estimate of drug-likeness (QED) is 0.366. The molecule has 0 fully saturated rings. The number of aryl methyl sites for hydroxylation is 2. The minimum Gasteiger partial charge on any atom is -0.445 e.